The van der Waals surface area contributed by atoms with Crippen molar-refractivity contribution in [1.29, 1.82) is 0 Å². The average molecular weight is 302 g/mol. The van der Waals surface area contributed by atoms with E-state index in [4.69, 9.17) is 0 Å². The van der Waals surface area contributed by atoms with Crippen LogP contribution in [0.5, 0.6) is 0 Å². The van der Waals surface area contributed by atoms with E-state index < -0.39 is 9.84 Å². The van der Waals surface area contributed by atoms with Crippen LogP contribution in [0.2, 0.25) is 0 Å². The normalized spacial score (nSPS) is 17.0. The molecule has 0 amide bonds. The van der Waals surface area contributed by atoms with Crippen LogP contribution in [0.1, 0.15) is 12.0 Å². The van der Waals surface area contributed by atoms with Crippen molar-refractivity contribution in [3.8, 4) is 0 Å². The van der Waals surface area contributed by atoms with E-state index in [-0.39, 0.29) is 0 Å². The van der Waals surface area contributed by atoms with E-state index in [0.717, 1.165) is 28.6 Å². The Bertz CT molecular complexity index is 549. The lowest BCUT2D eigenvalue weighted by Gasteiger charge is -2.04. The summed E-state index contributed by atoms with van der Waals surface area (Å²) >= 11 is 3.29. The largest absolute Gasteiger partial charge is 0.319 e. The highest BCUT2D eigenvalue weighted by atomic mass is 79.9. The third kappa shape index (κ3) is 2.07. The summed E-state index contributed by atoms with van der Waals surface area (Å²) in [4.78, 5) is 0.410. The van der Waals surface area contributed by atoms with Crippen molar-refractivity contribution in [2.45, 2.75) is 11.3 Å². The maximum atomic E-state index is 11.9. The highest BCUT2D eigenvalue weighted by molar-refractivity contribution is 9.10. The summed E-state index contributed by atoms with van der Waals surface area (Å²) < 4.78 is 24.5. The number of hydrogen-bond donors (Lipinski definition) is 1. The first-order chi connectivity index (χ1) is 7.54. The van der Waals surface area contributed by atoms with Crippen LogP contribution >= 0.6 is 15.9 Å². The van der Waals surface area contributed by atoms with E-state index in [1.807, 2.05) is 19.2 Å². The lowest BCUT2D eigenvalue weighted by molar-refractivity contribution is 0.605. The van der Waals surface area contributed by atoms with Gasteiger partial charge in [-0.15, -0.1) is 0 Å². The fourth-order valence-electron chi connectivity index (χ4n) is 1.76. The quantitative estimate of drug-likeness (QED) is 0.931. The van der Waals surface area contributed by atoms with Crippen LogP contribution in [0.15, 0.2) is 33.0 Å². The molecule has 0 saturated carbocycles. The summed E-state index contributed by atoms with van der Waals surface area (Å²) in [6.07, 6.45) is 0.727. The standard InChI is InChI=1S/C11H12BrNO2S/c1-13-5-4-8-7-16(14,15)11-6-9(12)2-3-10(8)11/h2-3,6-7,13H,4-5H2,1H3. The molecule has 2 rings (SSSR count). The second-order valence-electron chi connectivity index (χ2n) is 3.68. The molecule has 0 aliphatic carbocycles. The number of nitrogens with one attached hydrogen (secondary N) is 1. The monoisotopic (exact) mass is 301 g/mol. The van der Waals surface area contributed by atoms with Gasteiger partial charge in [-0.05, 0) is 43.3 Å². The highest BCUT2D eigenvalue weighted by Gasteiger charge is 2.26. The Morgan fingerprint density at radius 1 is 1.38 bits per heavy atom. The second-order valence-corrected chi connectivity index (χ2v) is 6.36. The number of sulfone groups is 1. The van der Waals surface area contributed by atoms with Gasteiger partial charge < -0.3 is 5.32 Å². The van der Waals surface area contributed by atoms with E-state index in [9.17, 15) is 8.42 Å². The molecule has 0 aromatic heterocycles. The van der Waals surface area contributed by atoms with Crippen molar-refractivity contribution in [3.05, 3.63) is 33.6 Å². The van der Waals surface area contributed by atoms with Crippen molar-refractivity contribution < 1.29 is 8.42 Å². The van der Waals surface area contributed by atoms with Crippen LogP contribution in [0.4, 0.5) is 0 Å². The minimum atomic E-state index is -3.23. The van der Waals surface area contributed by atoms with Crippen LogP contribution in [-0.2, 0) is 9.84 Å². The lowest BCUT2D eigenvalue weighted by Crippen LogP contribution is -2.07. The molecule has 5 heteroatoms. The molecule has 1 N–H and O–H groups in total. The molecule has 0 atom stereocenters. The van der Waals surface area contributed by atoms with Crippen LogP contribution in [0.3, 0.4) is 0 Å². The molecule has 16 heavy (non-hydrogen) atoms. The first kappa shape index (κ1) is 11.8. The Morgan fingerprint density at radius 3 is 2.81 bits per heavy atom. The molecule has 0 fully saturated rings. The van der Waals surface area contributed by atoms with Crippen molar-refractivity contribution >= 4 is 31.3 Å². The summed E-state index contributed by atoms with van der Waals surface area (Å²) in [5, 5.41) is 4.40. The summed E-state index contributed by atoms with van der Waals surface area (Å²) in [6.45, 7) is 0.775. The smallest absolute Gasteiger partial charge is 0.200 e. The number of hydrogen-bond acceptors (Lipinski definition) is 3. The Kier molecular flexibility index (Phi) is 3.19. The zero-order valence-corrected chi connectivity index (χ0v) is 11.2. The zero-order chi connectivity index (χ0) is 11.8. The molecular weight excluding hydrogens is 290 g/mol. The number of halogens is 1. The predicted octanol–water partition coefficient (Wildman–Crippen LogP) is 2.19. The number of fused-ring (bicyclic) bond motifs is 1. The minimum Gasteiger partial charge on any atom is -0.319 e. The van der Waals surface area contributed by atoms with Crippen LogP contribution in [0.25, 0.3) is 5.57 Å². The molecule has 1 aromatic carbocycles. The maximum absolute atomic E-state index is 11.9. The van der Waals surface area contributed by atoms with Gasteiger partial charge in [-0.1, -0.05) is 22.0 Å². The fourth-order valence-corrected chi connectivity index (χ4v) is 3.82. The Hall–Kier alpha value is -0.650. The molecule has 3 nitrogen and oxygen atoms in total. The minimum absolute atomic E-state index is 0.410. The third-order valence-electron chi connectivity index (χ3n) is 2.54. The van der Waals surface area contributed by atoms with Gasteiger partial charge in [0.15, 0.2) is 0 Å². The van der Waals surface area contributed by atoms with Gasteiger partial charge in [-0.2, -0.15) is 0 Å². The molecule has 0 unspecified atom stereocenters. The summed E-state index contributed by atoms with van der Waals surface area (Å²) in [7, 11) is -1.37. The maximum Gasteiger partial charge on any atom is 0.200 e. The van der Waals surface area contributed by atoms with E-state index in [2.05, 4.69) is 21.2 Å². The molecular formula is C11H12BrNO2S. The summed E-state index contributed by atoms with van der Waals surface area (Å²) in [5.74, 6) is 0. The fraction of sp³-hybridized carbons (Fsp3) is 0.273. The van der Waals surface area contributed by atoms with E-state index in [1.165, 1.54) is 5.41 Å². The SMILES string of the molecule is CNCCC1=CS(=O)(=O)c2cc(Br)ccc21. The molecule has 0 radical (unpaired) electrons. The van der Waals surface area contributed by atoms with Gasteiger partial charge in [0.1, 0.15) is 0 Å². The van der Waals surface area contributed by atoms with Crippen molar-refractivity contribution in [2.75, 3.05) is 13.6 Å². The zero-order valence-electron chi connectivity index (χ0n) is 8.83. The van der Waals surface area contributed by atoms with Crippen LogP contribution in [-0.4, -0.2) is 22.0 Å². The van der Waals surface area contributed by atoms with Gasteiger partial charge in [0, 0.05) is 9.88 Å². The van der Waals surface area contributed by atoms with Crippen molar-refractivity contribution in [1.82, 2.24) is 5.32 Å². The van der Waals surface area contributed by atoms with Gasteiger partial charge in [-0.3, -0.25) is 0 Å². The van der Waals surface area contributed by atoms with Gasteiger partial charge in [-0.25, -0.2) is 8.42 Å². The molecule has 1 heterocycles. The topological polar surface area (TPSA) is 46.2 Å². The Morgan fingerprint density at radius 2 is 2.12 bits per heavy atom. The van der Waals surface area contributed by atoms with Gasteiger partial charge >= 0.3 is 0 Å². The average Bonchev–Trinajstić information content (AvgIpc) is 2.48. The predicted molar refractivity (Wildman–Crippen MR) is 67.8 cm³/mol. The molecule has 86 valence electrons. The van der Waals surface area contributed by atoms with Crippen LogP contribution in [0, 0.1) is 0 Å². The first-order valence-corrected chi connectivity index (χ1v) is 7.29. The molecule has 1 aliphatic heterocycles. The van der Waals surface area contributed by atoms with Crippen LogP contribution < -0.4 is 5.32 Å². The van der Waals surface area contributed by atoms with Crippen molar-refractivity contribution in [2.24, 2.45) is 0 Å². The Labute approximate surface area is 104 Å². The van der Waals surface area contributed by atoms with Gasteiger partial charge in [0.2, 0.25) is 9.84 Å². The van der Waals surface area contributed by atoms with Gasteiger partial charge in [0.25, 0.3) is 0 Å². The van der Waals surface area contributed by atoms with Gasteiger partial charge in [0.05, 0.1) is 4.90 Å². The third-order valence-corrected chi connectivity index (χ3v) is 4.58. The Balaban J connectivity index is 2.48. The summed E-state index contributed by atoms with van der Waals surface area (Å²) in [5.41, 5.74) is 1.72. The first-order valence-electron chi connectivity index (χ1n) is 4.95. The molecule has 0 spiro atoms. The second kappa shape index (κ2) is 4.31. The number of rotatable bonds is 3. The molecule has 0 saturated heterocycles. The number of benzene rings is 1. The van der Waals surface area contributed by atoms with E-state index >= 15 is 0 Å². The van der Waals surface area contributed by atoms with Crippen molar-refractivity contribution in [3.63, 3.8) is 0 Å². The summed E-state index contributed by atoms with van der Waals surface area (Å²) in [6, 6.07) is 5.38. The lowest BCUT2D eigenvalue weighted by atomic mass is 10.1. The molecule has 0 bridgehead atoms. The van der Waals surface area contributed by atoms with E-state index in [0.29, 0.717) is 4.90 Å². The molecule has 1 aromatic rings. The van der Waals surface area contributed by atoms with E-state index in [1.54, 1.807) is 6.07 Å². The molecule has 1 aliphatic rings. The highest BCUT2D eigenvalue weighted by Crippen LogP contribution is 2.36.